The van der Waals surface area contributed by atoms with Crippen molar-refractivity contribution >= 4 is 18.6 Å². The number of benzene rings is 1. The molecule has 1 aliphatic heterocycles. The Kier molecular flexibility index (Phi) is 6.23. The molecule has 0 aromatic heterocycles. The van der Waals surface area contributed by atoms with Crippen LogP contribution in [0.15, 0.2) is 18.2 Å². The lowest BCUT2D eigenvalue weighted by molar-refractivity contribution is -0.150. The maximum Gasteiger partial charge on any atom is 0.494 e. The van der Waals surface area contributed by atoms with E-state index in [1.54, 1.807) is 0 Å². The number of hydrogen-bond acceptors (Lipinski definition) is 5. The van der Waals surface area contributed by atoms with Crippen molar-refractivity contribution in [2.45, 2.75) is 97.1 Å². The number of esters is 1. The molecule has 3 rings (SSSR count). The summed E-state index contributed by atoms with van der Waals surface area (Å²) in [5.41, 5.74) is 2.63. The summed E-state index contributed by atoms with van der Waals surface area (Å²) >= 11 is 0. The lowest BCUT2D eigenvalue weighted by atomic mass is 9.78. The van der Waals surface area contributed by atoms with Gasteiger partial charge in [-0.3, -0.25) is 4.79 Å². The Hall–Kier alpha value is -1.37. The van der Waals surface area contributed by atoms with Gasteiger partial charge in [0.15, 0.2) is 0 Å². The molecule has 0 bridgehead atoms. The van der Waals surface area contributed by atoms with Crippen molar-refractivity contribution < 1.29 is 18.8 Å². The molecule has 6 heteroatoms. The second-order valence-corrected chi connectivity index (χ2v) is 9.22. The number of nitrogens with one attached hydrogen (secondary N) is 1. The molecular weight excluding hydrogens is 353 g/mol. The van der Waals surface area contributed by atoms with Gasteiger partial charge in [0, 0.05) is 6.54 Å². The first kappa shape index (κ1) is 21.3. The second kappa shape index (κ2) is 8.17. The summed E-state index contributed by atoms with van der Waals surface area (Å²) in [7, 11) is -0.356. The molecule has 1 N–H and O–H groups in total. The van der Waals surface area contributed by atoms with Crippen molar-refractivity contribution in [2.24, 2.45) is 0 Å². The molecule has 2 fully saturated rings. The summed E-state index contributed by atoms with van der Waals surface area (Å²) in [6, 6.07) is 5.93. The van der Waals surface area contributed by atoms with Crippen LogP contribution in [0.5, 0.6) is 0 Å². The molecule has 1 heterocycles. The smallest absolute Gasteiger partial charge is 0.461 e. The lowest BCUT2D eigenvalue weighted by Crippen LogP contribution is -2.41. The maximum absolute atomic E-state index is 12.2. The SMILES string of the molecule is Cc1cc(B2OC(C)(C)C(C)(C)O2)ccc1CN[C@@H](C)C(=O)OC1CCCC1. The molecular formula is C22H34BNO4. The van der Waals surface area contributed by atoms with Crippen molar-refractivity contribution in [1.82, 2.24) is 5.32 Å². The molecule has 1 saturated heterocycles. The first-order valence-electron chi connectivity index (χ1n) is 10.5. The summed E-state index contributed by atoms with van der Waals surface area (Å²) in [5.74, 6) is -0.154. The van der Waals surface area contributed by atoms with Gasteiger partial charge in [-0.25, -0.2) is 0 Å². The summed E-state index contributed by atoms with van der Waals surface area (Å²) in [4.78, 5) is 12.2. The van der Waals surface area contributed by atoms with Crippen LogP contribution in [0.4, 0.5) is 0 Å². The van der Waals surface area contributed by atoms with E-state index in [-0.39, 0.29) is 36.4 Å². The van der Waals surface area contributed by atoms with E-state index in [2.05, 4.69) is 52.1 Å². The van der Waals surface area contributed by atoms with Gasteiger partial charge in [-0.1, -0.05) is 18.2 Å². The van der Waals surface area contributed by atoms with E-state index >= 15 is 0 Å². The minimum atomic E-state index is -0.356. The molecule has 1 aromatic rings. The van der Waals surface area contributed by atoms with E-state index < -0.39 is 0 Å². The molecule has 1 aliphatic carbocycles. The second-order valence-electron chi connectivity index (χ2n) is 9.22. The quantitative estimate of drug-likeness (QED) is 0.600. The average Bonchev–Trinajstić information content (AvgIpc) is 3.19. The fraction of sp³-hybridized carbons (Fsp3) is 0.682. The molecule has 0 unspecified atom stereocenters. The van der Waals surface area contributed by atoms with E-state index in [0.29, 0.717) is 6.54 Å². The summed E-state index contributed by atoms with van der Waals surface area (Å²) in [6.07, 6.45) is 4.43. The molecule has 1 atom stereocenters. The molecule has 154 valence electrons. The van der Waals surface area contributed by atoms with Crippen LogP contribution >= 0.6 is 0 Å². The molecule has 0 amide bonds. The zero-order valence-corrected chi connectivity index (χ0v) is 18.1. The Labute approximate surface area is 169 Å². The summed E-state index contributed by atoms with van der Waals surface area (Å²) in [6.45, 7) is 12.8. The van der Waals surface area contributed by atoms with Gasteiger partial charge in [-0.15, -0.1) is 0 Å². The van der Waals surface area contributed by atoms with Gasteiger partial charge in [0.25, 0.3) is 0 Å². The molecule has 1 saturated carbocycles. The molecule has 0 spiro atoms. The summed E-state index contributed by atoms with van der Waals surface area (Å²) < 4.78 is 17.9. The van der Waals surface area contributed by atoms with Crippen LogP contribution in [0.1, 0.15) is 71.4 Å². The fourth-order valence-corrected chi connectivity index (χ4v) is 3.66. The van der Waals surface area contributed by atoms with E-state index in [9.17, 15) is 4.79 Å². The summed E-state index contributed by atoms with van der Waals surface area (Å²) in [5, 5.41) is 3.29. The van der Waals surface area contributed by atoms with Crippen LogP contribution in [0.2, 0.25) is 0 Å². The average molecular weight is 387 g/mol. The largest absolute Gasteiger partial charge is 0.494 e. The monoisotopic (exact) mass is 387 g/mol. The van der Waals surface area contributed by atoms with Gasteiger partial charge < -0.3 is 19.4 Å². The first-order chi connectivity index (χ1) is 13.1. The Bertz CT molecular complexity index is 696. The van der Waals surface area contributed by atoms with E-state index in [1.807, 2.05) is 13.0 Å². The fourth-order valence-electron chi connectivity index (χ4n) is 3.66. The molecule has 2 aliphatic rings. The van der Waals surface area contributed by atoms with Crippen LogP contribution in [0, 0.1) is 6.92 Å². The number of ether oxygens (including phenoxy) is 1. The molecule has 1 aromatic carbocycles. The first-order valence-corrected chi connectivity index (χ1v) is 10.5. The highest BCUT2D eigenvalue weighted by atomic mass is 16.7. The number of carbonyl (C=O) groups is 1. The van der Waals surface area contributed by atoms with E-state index in [4.69, 9.17) is 14.0 Å². The predicted octanol–water partition coefficient (Wildman–Crippen LogP) is 3.26. The number of hydrogen-bond donors (Lipinski definition) is 1. The maximum atomic E-state index is 12.2. The van der Waals surface area contributed by atoms with Crippen LogP contribution in [0.3, 0.4) is 0 Å². The predicted molar refractivity (Wildman–Crippen MR) is 112 cm³/mol. The molecule has 0 radical (unpaired) electrons. The highest BCUT2D eigenvalue weighted by Gasteiger charge is 2.51. The van der Waals surface area contributed by atoms with Crippen molar-refractivity contribution in [3.05, 3.63) is 29.3 Å². The van der Waals surface area contributed by atoms with Gasteiger partial charge in [-0.2, -0.15) is 0 Å². The third-order valence-corrected chi connectivity index (χ3v) is 6.43. The van der Waals surface area contributed by atoms with Crippen LogP contribution in [-0.4, -0.2) is 36.4 Å². The number of carbonyl (C=O) groups excluding carboxylic acids is 1. The Balaban J connectivity index is 1.56. The van der Waals surface area contributed by atoms with Crippen molar-refractivity contribution in [3.63, 3.8) is 0 Å². The van der Waals surface area contributed by atoms with Gasteiger partial charge in [0.2, 0.25) is 0 Å². The van der Waals surface area contributed by atoms with Crippen LogP contribution in [-0.2, 0) is 25.4 Å². The molecule has 28 heavy (non-hydrogen) atoms. The van der Waals surface area contributed by atoms with Gasteiger partial charge in [0.1, 0.15) is 12.1 Å². The highest BCUT2D eigenvalue weighted by Crippen LogP contribution is 2.36. The molecule has 5 nitrogen and oxygen atoms in total. The van der Waals surface area contributed by atoms with E-state index in [0.717, 1.165) is 42.3 Å². The van der Waals surface area contributed by atoms with Crippen LogP contribution < -0.4 is 10.8 Å². The zero-order valence-electron chi connectivity index (χ0n) is 18.1. The normalized spacial score (nSPS) is 22.4. The van der Waals surface area contributed by atoms with E-state index in [1.165, 1.54) is 0 Å². The lowest BCUT2D eigenvalue weighted by Gasteiger charge is -2.32. The van der Waals surface area contributed by atoms with Crippen molar-refractivity contribution in [2.75, 3.05) is 0 Å². The third kappa shape index (κ3) is 4.61. The Morgan fingerprint density at radius 1 is 1.21 bits per heavy atom. The topological polar surface area (TPSA) is 56.8 Å². The Morgan fingerprint density at radius 2 is 1.82 bits per heavy atom. The van der Waals surface area contributed by atoms with Crippen molar-refractivity contribution in [3.8, 4) is 0 Å². The van der Waals surface area contributed by atoms with Gasteiger partial charge in [0.05, 0.1) is 11.2 Å². The van der Waals surface area contributed by atoms with Gasteiger partial charge >= 0.3 is 13.1 Å². The standard InChI is InChI=1S/C22H34BNO4/c1-15-13-18(23-27-21(3,4)22(5,6)28-23)12-11-17(15)14-24-16(2)20(25)26-19-9-7-8-10-19/h11-13,16,19,24H,7-10,14H2,1-6H3/t16-/m0/s1. The third-order valence-electron chi connectivity index (χ3n) is 6.43. The van der Waals surface area contributed by atoms with Crippen molar-refractivity contribution in [1.29, 1.82) is 0 Å². The minimum Gasteiger partial charge on any atom is -0.461 e. The number of rotatable bonds is 6. The van der Waals surface area contributed by atoms with Gasteiger partial charge in [-0.05, 0) is 83.8 Å². The zero-order chi connectivity index (χ0) is 20.5. The highest BCUT2D eigenvalue weighted by molar-refractivity contribution is 6.62. The minimum absolute atomic E-state index is 0.109. The Morgan fingerprint density at radius 3 is 2.39 bits per heavy atom. The number of aryl methyl sites for hydroxylation is 1. The van der Waals surface area contributed by atoms with Crippen LogP contribution in [0.25, 0.3) is 0 Å².